The van der Waals surface area contributed by atoms with Crippen molar-refractivity contribution in [3.8, 4) is 17.2 Å². The van der Waals surface area contributed by atoms with Gasteiger partial charge in [-0.1, -0.05) is 12.1 Å². The van der Waals surface area contributed by atoms with E-state index in [4.69, 9.17) is 13.9 Å². The number of ether oxygens (including phenoxy) is 2. The molecule has 1 fully saturated rings. The van der Waals surface area contributed by atoms with Gasteiger partial charge in [-0.2, -0.15) is 0 Å². The summed E-state index contributed by atoms with van der Waals surface area (Å²) in [5, 5.41) is 15.2. The fraction of sp³-hybridized carbons (Fsp3) is 0.208. The summed E-state index contributed by atoms with van der Waals surface area (Å²) in [5.41, 5.74) is 1.58. The van der Waals surface area contributed by atoms with Crippen LogP contribution in [-0.2, 0) is 4.79 Å². The van der Waals surface area contributed by atoms with Crippen molar-refractivity contribution in [1.29, 1.82) is 0 Å². The third-order valence-corrected chi connectivity index (χ3v) is 5.54. The fourth-order valence-electron chi connectivity index (χ4n) is 3.99. The summed E-state index contributed by atoms with van der Waals surface area (Å²) in [6.07, 6.45) is 1.98. The zero-order valence-electron chi connectivity index (χ0n) is 16.4. The molecule has 4 aromatic rings. The number of methoxy groups -OCH3 is 1. The largest absolute Gasteiger partial charge is 0.497 e. The van der Waals surface area contributed by atoms with Crippen LogP contribution in [0.15, 0.2) is 65.3 Å². The van der Waals surface area contributed by atoms with Gasteiger partial charge in [-0.15, -0.1) is 0 Å². The molecule has 0 saturated carbocycles. The molecule has 2 atom stereocenters. The Hall–Kier alpha value is -3.51. The molecule has 152 valence electrons. The Kier molecular flexibility index (Phi) is 4.56. The second-order valence-electron chi connectivity index (χ2n) is 7.48. The Morgan fingerprint density at radius 2 is 1.83 bits per heavy atom. The molecule has 1 saturated heterocycles. The van der Waals surface area contributed by atoms with E-state index in [1.807, 2.05) is 54.6 Å². The maximum Gasteiger partial charge on any atom is 0.229 e. The minimum Gasteiger partial charge on any atom is -0.497 e. The number of piperidine rings is 1. The van der Waals surface area contributed by atoms with Gasteiger partial charge >= 0.3 is 0 Å². The van der Waals surface area contributed by atoms with Gasteiger partial charge in [-0.3, -0.25) is 4.79 Å². The van der Waals surface area contributed by atoms with E-state index in [1.54, 1.807) is 13.4 Å². The zero-order chi connectivity index (χ0) is 20.7. The number of hydrogen-bond donors (Lipinski definition) is 2. The highest BCUT2D eigenvalue weighted by molar-refractivity contribution is 6.00. The highest BCUT2D eigenvalue weighted by Gasteiger charge is 2.30. The summed E-state index contributed by atoms with van der Waals surface area (Å²) in [6, 6.07) is 17.3. The minimum absolute atomic E-state index is 0.174. The maximum atomic E-state index is 12.4. The molecular formula is C24H21NO5. The van der Waals surface area contributed by atoms with Gasteiger partial charge in [0.15, 0.2) is 0 Å². The van der Waals surface area contributed by atoms with Crippen molar-refractivity contribution < 1.29 is 23.8 Å². The molecule has 6 nitrogen and oxygen atoms in total. The first-order valence-electron chi connectivity index (χ1n) is 9.86. The summed E-state index contributed by atoms with van der Waals surface area (Å²) in [5.74, 6) is 1.62. The number of nitrogens with one attached hydrogen (secondary N) is 1. The van der Waals surface area contributed by atoms with Crippen LogP contribution >= 0.6 is 0 Å². The van der Waals surface area contributed by atoms with Crippen molar-refractivity contribution in [2.45, 2.75) is 25.0 Å². The van der Waals surface area contributed by atoms with Crippen molar-refractivity contribution in [2.75, 3.05) is 7.11 Å². The summed E-state index contributed by atoms with van der Waals surface area (Å²) in [7, 11) is 1.62. The molecular weight excluding hydrogens is 382 g/mol. The monoisotopic (exact) mass is 403 g/mol. The fourth-order valence-corrected chi connectivity index (χ4v) is 3.99. The van der Waals surface area contributed by atoms with Crippen LogP contribution in [0.4, 0.5) is 0 Å². The predicted octanol–water partition coefficient (Wildman–Crippen LogP) is 4.70. The topological polar surface area (TPSA) is 80.9 Å². The van der Waals surface area contributed by atoms with Crippen LogP contribution in [0.3, 0.4) is 0 Å². The van der Waals surface area contributed by atoms with E-state index in [1.165, 1.54) is 0 Å². The van der Waals surface area contributed by atoms with Crippen molar-refractivity contribution in [3.63, 3.8) is 0 Å². The Bertz CT molecular complexity index is 1250. The highest BCUT2D eigenvalue weighted by atomic mass is 16.5. The Balaban J connectivity index is 1.51. The molecule has 1 amide bonds. The lowest BCUT2D eigenvalue weighted by Gasteiger charge is -2.25. The van der Waals surface area contributed by atoms with E-state index >= 15 is 0 Å². The van der Waals surface area contributed by atoms with Crippen LogP contribution in [0.1, 0.15) is 24.3 Å². The number of hydrogen-bond acceptors (Lipinski definition) is 5. The molecule has 2 N–H and O–H groups in total. The second kappa shape index (κ2) is 7.39. The summed E-state index contributed by atoms with van der Waals surface area (Å²) in [4.78, 5) is 12.4. The summed E-state index contributed by atoms with van der Waals surface area (Å²) < 4.78 is 17.0. The highest BCUT2D eigenvalue weighted by Crippen LogP contribution is 2.36. The molecule has 2 heterocycles. The molecule has 1 aliphatic rings. The number of aliphatic hydroxyl groups excluding tert-OH is 1. The molecule has 1 aromatic heterocycles. The van der Waals surface area contributed by atoms with Gasteiger partial charge in [-0.05, 0) is 60.0 Å². The minimum atomic E-state index is -0.774. The lowest BCUT2D eigenvalue weighted by atomic mass is 9.89. The Labute approximate surface area is 173 Å². The second-order valence-corrected chi connectivity index (χ2v) is 7.48. The lowest BCUT2D eigenvalue weighted by Crippen LogP contribution is -2.42. The Morgan fingerprint density at radius 1 is 1.00 bits per heavy atom. The third kappa shape index (κ3) is 3.35. The van der Waals surface area contributed by atoms with Crippen LogP contribution in [-0.4, -0.2) is 24.4 Å². The first-order chi connectivity index (χ1) is 14.6. The Morgan fingerprint density at radius 3 is 2.67 bits per heavy atom. The average molecular weight is 403 g/mol. The van der Waals surface area contributed by atoms with Crippen LogP contribution in [0.2, 0.25) is 0 Å². The van der Waals surface area contributed by atoms with E-state index < -0.39 is 6.23 Å². The molecule has 30 heavy (non-hydrogen) atoms. The van der Waals surface area contributed by atoms with Gasteiger partial charge < -0.3 is 24.3 Å². The molecule has 1 aliphatic heterocycles. The normalized spacial score (nSPS) is 19.1. The van der Waals surface area contributed by atoms with Crippen LogP contribution in [0.25, 0.3) is 21.7 Å². The molecule has 0 spiro atoms. The lowest BCUT2D eigenvalue weighted by molar-refractivity contribution is -0.128. The van der Waals surface area contributed by atoms with Crippen LogP contribution in [0.5, 0.6) is 17.2 Å². The van der Waals surface area contributed by atoms with Gasteiger partial charge in [0.25, 0.3) is 0 Å². The van der Waals surface area contributed by atoms with E-state index in [-0.39, 0.29) is 11.8 Å². The maximum absolute atomic E-state index is 12.4. The van der Waals surface area contributed by atoms with E-state index in [9.17, 15) is 9.90 Å². The van der Waals surface area contributed by atoms with Gasteiger partial charge in [0, 0.05) is 17.0 Å². The van der Waals surface area contributed by atoms with Crippen molar-refractivity contribution in [2.24, 2.45) is 0 Å². The molecule has 5 rings (SSSR count). The summed E-state index contributed by atoms with van der Waals surface area (Å²) >= 11 is 0. The van der Waals surface area contributed by atoms with Crippen molar-refractivity contribution in [3.05, 3.63) is 66.4 Å². The average Bonchev–Trinajstić information content (AvgIpc) is 3.15. The number of carbonyl (C=O) groups is 1. The first-order valence-corrected chi connectivity index (χ1v) is 9.86. The van der Waals surface area contributed by atoms with Gasteiger partial charge in [0.1, 0.15) is 29.1 Å². The number of furan rings is 1. The van der Waals surface area contributed by atoms with Gasteiger partial charge in [-0.25, -0.2) is 0 Å². The van der Waals surface area contributed by atoms with Crippen LogP contribution in [0, 0.1) is 0 Å². The third-order valence-electron chi connectivity index (χ3n) is 5.54. The smallest absolute Gasteiger partial charge is 0.229 e. The number of benzene rings is 3. The van der Waals surface area contributed by atoms with E-state index in [2.05, 4.69) is 5.32 Å². The predicted molar refractivity (Wildman–Crippen MR) is 113 cm³/mol. The summed E-state index contributed by atoms with van der Waals surface area (Å²) in [6.45, 7) is 0. The van der Waals surface area contributed by atoms with Crippen molar-refractivity contribution >= 4 is 27.6 Å². The van der Waals surface area contributed by atoms with E-state index in [0.29, 0.717) is 24.3 Å². The van der Waals surface area contributed by atoms with E-state index in [0.717, 1.165) is 33.1 Å². The SMILES string of the molecule is COc1cccc(Oc2ccc3cc4occ([C@H]5CCC(O)NC5=O)c4cc3c2)c1. The quantitative estimate of drug-likeness (QED) is 0.516. The number of fused-ring (bicyclic) bond motifs is 2. The van der Waals surface area contributed by atoms with Crippen molar-refractivity contribution in [1.82, 2.24) is 5.32 Å². The molecule has 0 bridgehead atoms. The molecule has 1 unspecified atom stereocenters. The molecule has 0 aliphatic carbocycles. The van der Waals surface area contributed by atoms with Gasteiger partial charge in [0.05, 0.1) is 19.3 Å². The molecule has 3 aromatic carbocycles. The molecule has 0 radical (unpaired) electrons. The number of aliphatic hydroxyl groups is 1. The first kappa shape index (κ1) is 18.5. The molecule has 6 heteroatoms. The number of amides is 1. The standard InChI is InChI=1S/C24H21NO5/c1-28-16-3-2-4-17(12-16)30-18-6-5-14-11-22-20(10-15(14)9-18)21(13-29-22)19-7-8-23(26)25-24(19)27/h2-6,9-13,19,23,26H,7-8H2,1H3,(H,25,27)/t19-,23?/m1/s1. The van der Waals surface area contributed by atoms with Crippen LogP contribution < -0.4 is 14.8 Å². The number of carbonyl (C=O) groups excluding carboxylic acids is 1. The zero-order valence-corrected chi connectivity index (χ0v) is 16.4. The number of rotatable bonds is 4. The van der Waals surface area contributed by atoms with Gasteiger partial charge in [0.2, 0.25) is 5.91 Å².